The summed E-state index contributed by atoms with van der Waals surface area (Å²) in [5.74, 6) is -1.09. The summed E-state index contributed by atoms with van der Waals surface area (Å²) in [6.45, 7) is 2.32. The third kappa shape index (κ3) is 5.30. The van der Waals surface area contributed by atoms with E-state index in [1.807, 2.05) is 12.1 Å². The van der Waals surface area contributed by atoms with Gasteiger partial charge in [-0.15, -0.1) is 0 Å². The predicted octanol–water partition coefficient (Wildman–Crippen LogP) is 7.25. The first-order valence-corrected chi connectivity index (χ1v) is 12.8. The van der Waals surface area contributed by atoms with Crippen molar-refractivity contribution in [1.82, 2.24) is 9.88 Å². The van der Waals surface area contributed by atoms with Crippen molar-refractivity contribution in [3.05, 3.63) is 99.1 Å². The average molecular weight is 564 g/mol. The molecule has 0 unspecified atom stereocenters. The summed E-state index contributed by atoms with van der Waals surface area (Å²) < 4.78 is 53.2. The number of anilines is 1. The van der Waals surface area contributed by atoms with Crippen molar-refractivity contribution in [3.8, 4) is 0 Å². The molecule has 0 radical (unpaired) electrons. The molecule has 1 saturated heterocycles. The number of hydrogen-bond acceptors (Lipinski definition) is 3. The van der Waals surface area contributed by atoms with Gasteiger partial charge in [0.25, 0.3) is 5.91 Å². The monoisotopic (exact) mass is 563 g/mol. The Hall–Kier alpha value is -2.94. The van der Waals surface area contributed by atoms with Gasteiger partial charge in [0.05, 0.1) is 5.56 Å². The van der Waals surface area contributed by atoms with Gasteiger partial charge in [0.15, 0.2) is 0 Å². The van der Waals surface area contributed by atoms with Crippen molar-refractivity contribution < 1.29 is 22.4 Å². The van der Waals surface area contributed by atoms with Crippen molar-refractivity contribution >= 4 is 40.9 Å². The van der Waals surface area contributed by atoms with E-state index in [0.29, 0.717) is 42.8 Å². The molecule has 3 aromatic rings. The van der Waals surface area contributed by atoms with Gasteiger partial charge < -0.3 is 4.90 Å². The molecule has 3 heterocycles. The third-order valence-corrected chi connectivity index (χ3v) is 7.74. The molecule has 1 fully saturated rings. The second-order valence-corrected chi connectivity index (χ2v) is 10.5. The van der Waals surface area contributed by atoms with Crippen molar-refractivity contribution in [2.45, 2.75) is 24.4 Å². The number of fused-ring (bicyclic) bond motifs is 2. The molecule has 2 aromatic carbocycles. The van der Waals surface area contributed by atoms with Gasteiger partial charge in [-0.05, 0) is 79.5 Å². The zero-order valence-corrected chi connectivity index (χ0v) is 21.6. The van der Waals surface area contributed by atoms with Crippen LogP contribution in [0.3, 0.4) is 0 Å². The zero-order chi connectivity index (χ0) is 27.1. The number of amides is 1. The van der Waals surface area contributed by atoms with E-state index >= 15 is 0 Å². The summed E-state index contributed by atoms with van der Waals surface area (Å²) in [7, 11) is 0. The lowest BCUT2D eigenvalue weighted by Gasteiger charge is -2.39. The van der Waals surface area contributed by atoms with Crippen LogP contribution in [-0.2, 0) is 11.6 Å². The quantitative estimate of drug-likeness (QED) is 0.248. The Morgan fingerprint density at radius 1 is 1.05 bits per heavy atom. The molecule has 198 valence electrons. The Morgan fingerprint density at radius 3 is 2.53 bits per heavy atom. The number of benzene rings is 2. The summed E-state index contributed by atoms with van der Waals surface area (Å²) in [4.78, 5) is 21.3. The molecular formula is C28H23Cl2F4N3O. The number of piperidine rings is 1. The summed E-state index contributed by atoms with van der Waals surface area (Å²) >= 11 is 12.4. The second kappa shape index (κ2) is 10.3. The van der Waals surface area contributed by atoms with Crippen LogP contribution in [0.2, 0.25) is 10.2 Å². The van der Waals surface area contributed by atoms with Gasteiger partial charge in [-0.3, -0.25) is 9.69 Å². The van der Waals surface area contributed by atoms with Crippen LogP contribution < -0.4 is 4.90 Å². The first-order chi connectivity index (χ1) is 18.1. The number of hydrogen-bond donors (Lipinski definition) is 0. The van der Waals surface area contributed by atoms with Gasteiger partial charge in [0.1, 0.15) is 11.0 Å². The molecule has 0 aliphatic carbocycles. The van der Waals surface area contributed by atoms with Crippen LogP contribution in [0, 0.1) is 5.82 Å². The van der Waals surface area contributed by atoms with E-state index in [1.165, 1.54) is 12.3 Å². The molecule has 4 nitrogen and oxygen atoms in total. The summed E-state index contributed by atoms with van der Waals surface area (Å²) in [5, 5.41) is 0.833. The summed E-state index contributed by atoms with van der Waals surface area (Å²) in [5.41, 5.74) is 0.937. The Labute approximate surface area is 227 Å². The molecule has 5 rings (SSSR count). The average Bonchev–Trinajstić information content (AvgIpc) is 3.18. The zero-order valence-electron chi connectivity index (χ0n) is 20.1. The second-order valence-electron chi connectivity index (χ2n) is 9.63. The van der Waals surface area contributed by atoms with Crippen molar-refractivity contribution in [1.29, 1.82) is 0 Å². The normalized spacial score (nSPS) is 17.4. The van der Waals surface area contributed by atoms with Crippen LogP contribution in [0.5, 0.6) is 0 Å². The Balaban J connectivity index is 1.31. The maximum atomic E-state index is 13.4. The lowest BCUT2D eigenvalue weighted by atomic mass is 9.74. The predicted molar refractivity (Wildman–Crippen MR) is 140 cm³/mol. The van der Waals surface area contributed by atoms with Crippen LogP contribution in [-0.4, -0.2) is 42.0 Å². The van der Waals surface area contributed by atoms with Crippen molar-refractivity contribution in [2.75, 3.05) is 31.1 Å². The highest BCUT2D eigenvalue weighted by atomic mass is 35.5. The van der Waals surface area contributed by atoms with Crippen LogP contribution in [0.25, 0.3) is 6.08 Å². The van der Waals surface area contributed by atoms with Gasteiger partial charge in [-0.2, -0.15) is 13.2 Å². The minimum Gasteiger partial charge on any atom is -0.307 e. The molecule has 1 aromatic heterocycles. The number of rotatable bonds is 4. The van der Waals surface area contributed by atoms with Crippen LogP contribution >= 0.6 is 23.2 Å². The van der Waals surface area contributed by atoms with E-state index in [-0.39, 0.29) is 22.0 Å². The lowest BCUT2D eigenvalue weighted by molar-refractivity contribution is -0.137. The number of carbonyl (C=O) groups is 1. The number of alkyl halides is 3. The third-order valence-electron chi connectivity index (χ3n) is 7.30. The van der Waals surface area contributed by atoms with Gasteiger partial charge in [-0.25, -0.2) is 9.37 Å². The minimum absolute atomic E-state index is 0.0721. The highest BCUT2D eigenvalue weighted by molar-refractivity contribution is 6.31. The molecule has 38 heavy (non-hydrogen) atoms. The van der Waals surface area contributed by atoms with E-state index in [0.717, 1.165) is 36.2 Å². The van der Waals surface area contributed by atoms with Crippen molar-refractivity contribution in [2.24, 2.45) is 0 Å². The summed E-state index contributed by atoms with van der Waals surface area (Å²) in [6.07, 6.45) is 1.42. The first kappa shape index (κ1) is 26.7. The van der Waals surface area contributed by atoms with Gasteiger partial charge >= 0.3 is 6.18 Å². The molecule has 0 atom stereocenters. The topological polar surface area (TPSA) is 36.4 Å². The van der Waals surface area contributed by atoms with E-state index in [1.54, 1.807) is 29.2 Å². The fourth-order valence-corrected chi connectivity index (χ4v) is 5.70. The molecule has 1 amide bonds. The smallest absolute Gasteiger partial charge is 0.307 e. The maximum Gasteiger partial charge on any atom is 0.417 e. The number of halogens is 6. The lowest BCUT2D eigenvalue weighted by Crippen LogP contribution is -2.46. The molecule has 0 N–H and O–H groups in total. The number of aromatic nitrogens is 1. The number of carbonyl (C=O) groups excluding carboxylic acids is 1. The van der Waals surface area contributed by atoms with Crippen LogP contribution in [0.15, 0.2) is 60.8 Å². The van der Waals surface area contributed by atoms with E-state index in [9.17, 15) is 22.4 Å². The Kier molecular flexibility index (Phi) is 7.24. The van der Waals surface area contributed by atoms with Crippen molar-refractivity contribution in [3.63, 3.8) is 0 Å². The fraction of sp³-hybridized carbons (Fsp3) is 0.286. The highest BCUT2D eigenvalue weighted by Gasteiger charge is 2.46. The molecule has 1 spiro atoms. The largest absolute Gasteiger partial charge is 0.417 e. The first-order valence-electron chi connectivity index (χ1n) is 12.0. The molecule has 0 saturated carbocycles. The number of likely N-dealkylation sites (tertiary alicyclic amines) is 1. The van der Waals surface area contributed by atoms with Crippen LogP contribution in [0.1, 0.15) is 39.9 Å². The number of nitrogens with zero attached hydrogens (tertiary/aromatic N) is 3. The molecule has 0 bridgehead atoms. The molecule has 2 aliphatic rings. The Bertz CT molecular complexity index is 1400. The van der Waals surface area contributed by atoms with E-state index in [4.69, 9.17) is 23.2 Å². The summed E-state index contributed by atoms with van der Waals surface area (Å²) in [6, 6.07) is 11.4. The molecule has 2 aliphatic heterocycles. The Morgan fingerprint density at radius 2 is 1.82 bits per heavy atom. The SMILES string of the molecule is O=C(c1ccnc(Cl)c1)N1CC2(CCN(C/C=C/c3ccc(F)cc3C(F)(F)F)CC2)c2cc(Cl)ccc21. The van der Waals surface area contributed by atoms with Gasteiger partial charge in [-0.1, -0.05) is 41.4 Å². The molecular weight excluding hydrogens is 541 g/mol. The fourth-order valence-electron chi connectivity index (χ4n) is 5.35. The highest BCUT2D eigenvalue weighted by Crippen LogP contribution is 2.48. The van der Waals surface area contributed by atoms with Gasteiger partial charge in [0, 0.05) is 41.0 Å². The maximum absolute atomic E-state index is 13.4. The molecule has 10 heteroatoms. The van der Waals surface area contributed by atoms with E-state index in [2.05, 4.69) is 9.88 Å². The number of pyridine rings is 1. The van der Waals surface area contributed by atoms with Crippen LogP contribution in [0.4, 0.5) is 23.2 Å². The van der Waals surface area contributed by atoms with Gasteiger partial charge in [0.2, 0.25) is 0 Å². The van der Waals surface area contributed by atoms with E-state index < -0.39 is 17.6 Å². The standard InChI is InChI=1S/C28H23Cl2F4N3O/c29-20-4-6-24-23(15-20)27(17-37(24)26(38)19-7-10-35-25(30)14-19)8-12-36(13-9-27)11-1-2-18-3-5-21(31)16-22(18)28(32,33)34/h1-7,10,14-16H,8-9,11-13,17H2/b2-1+. The minimum atomic E-state index is -4.64.